The first-order chi connectivity index (χ1) is 13.8. The fraction of sp³-hybridized carbons (Fsp3) is 0.524. The topological polar surface area (TPSA) is 80.2 Å². The Morgan fingerprint density at radius 1 is 1.21 bits per heavy atom. The van der Waals surface area contributed by atoms with E-state index in [9.17, 15) is 4.79 Å². The molecule has 2 aromatic rings. The van der Waals surface area contributed by atoms with Crippen molar-refractivity contribution in [2.24, 2.45) is 0 Å². The van der Waals surface area contributed by atoms with Crippen molar-refractivity contribution in [1.29, 1.82) is 0 Å². The Labute approximate surface area is 177 Å². The minimum Gasteiger partial charge on any atom is -0.472 e. The van der Waals surface area contributed by atoms with Gasteiger partial charge in [0.05, 0.1) is 0 Å². The highest BCUT2D eigenvalue weighted by Gasteiger charge is 2.19. The van der Waals surface area contributed by atoms with Crippen LogP contribution in [0, 0.1) is 0 Å². The number of urea groups is 1. The van der Waals surface area contributed by atoms with Gasteiger partial charge in [-0.1, -0.05) is 39.8 Å². The van der Waals surface area contributed by atoms with Crippen LogP contribution in [0.5, 0.6) is 5.75 Å². The summed E-state index contributed by atoms with van der Waals surface area (Å²) in [4.78, 5) is 26.1. The van der Waals surface area contributed by atoms with Crippen LogP contribution in [-0.2, 0) is 5.41 Å². The van der Waals surface area contributed by atoms with E-state index in [1.165, 1.54) is 23.1 Å². The summed E-state index contributed by atoms with van der Waals surface area (Å²) >= 11 is 1.82. The lowest BCUT2D eigenvalue weighted by Crippen LogP contribution is -2.43. The van der Waals surface area contributed by atoms with Crippen LogP contribution < -0.4 is 15.0 Å². The predicted molar refractivity (Wildman–Crippen MR) is 119 cm³/mol. The highest BCUT2D eigenvalue weighted by molar-refractivity contribution is 7.99. The average molecular weight is 418 g/mol. The highest BCUT2D eigenvalue weighted by atomic mass is 32.2. The van der Waals surface area contributed by atoms with Gasteiger partial charge in [-0.3, -0.25) is 0 Å². The van der Waals surface area contributed by atoms with Crippen LogP contribution in [0.2, 0.25) is 0 Å². The number of benzene rings is 1. The molecule has 1 N–H and O–H groups in total. The molecule has 0 saturated heterocycles. The minimum absolute atomic E-state index is 0.00588. The Balaban J connectivity index is 1.98. The molecule has 1 heterocycles. The second-order valence-electron chi connectivity index (χ2n) is 7.83. The zero-order chi connectivity index (χ0) is 21.3. The molecule has 0 aliphatic carbocycles. The van der Waals surface area contributed by atoms with E-state index >= 15 is 0 Å². The van der Waals surface area contributed by atoms with E-state index in [0.29, 0.717) is 17.5 Å². The number of hydrogen-bond acceptors (Lipinski definition) is 6. The van der Waals surface area contributed by atoms with Crippen LogP contribution in [0.1, 0.15) is 46.1 Å². The van der Waals surface area contributed by atoms with Gasteiger partial charge in [-0.05, 0) is 42.2 Å². The number of thioether (sulfide) groups is 1. The monoisotopic (exact) mass is 417 g/mol. The lowest BCUT2D eigenvalue weighted by Gasteiger charge is -2.22. The Hall–Kier alpha value is -2.35. The molecule has 158 valence electrons. The van der Waals surface area contributed by atoms with Gasteiger partial charge in [0.25, 0.3) is 0 Å². The quantitative estimate of drug-likeness (QED) is 0.485. The summed E-state index contributed by atoms with van der Waals surface area (Å²) in [5.74, 6) is 0.931. The Morgan fingerprint density at radius 2 is 1.86 bits per heavy atom. The van der Waals surface area contributed by atoms with Gasteiger partial charge >= 0.3 is 6.03 Å². The van der Waals surface area contributed by atoms with Crippen LogP contribution in [0.4, 0.5) is 10.7 Å². The first-order valence-corrected chi connectivity index (χ1v) is 11.0. The third-order valence-electron chi connectivity index (χ3n) is 4.51. The molecule has 0 spiro atoms. The summed E-state index contributed by atoms with van der Waals surface area (Å²) in [5.41, 5.74) is 1.29. The number of amides is 2. The van der Waals surface area contributed by atoms with Gasteiger partial charge in [-0.25, -0.2) is 24.6 Å². The third kappa shape index (κ3) is 7.53. The van der Waals surface area contributed by atoms with Crippen molar-refractivity contribution in [3.63, 3.8) is 0 Å². The zero-order valence-corrected chi connectivity index (χ0v) is 18.7. The highest BCUT2D eigenvalue weighted by Crippen LogP contribution is 2.24. The maximum Gasteiger partial charge on any atom is 0.327 e. The number of carbonyl (C=O) groups excluding carboxylic acids is 1. The second kappa shape index (κ2) is 11.0. The minimum atomic E-state index is -0.292. The number of anilines is 1. The van der Waals surface area contributed by atoms with Gasteiger partial charge in [-0.15, -0.1) is 0 Å². The molecule has 29 heavy (non-hydrogen) atoms. The van der Waals surface area contributed by atoms with Crippen molar-refractivity contribution >= 4 is 23.7 Å². The largest absolute Gasteiger partial charge is 0.472 e. The van der Waals surface area contributed by atoms with E-state index in [1.807, 2.05) is 36.0 Å². The number of nitrogens with zero attached hydrogens (tertiary/aromatic N) is 4. The van der Waals surface area contributed by atoms with E-state index < -0.39 is 0 Å². The molecule has 2 rings (SSSR count). The summed E-state index contributed by atoms with van der Waals surface area (Å²) in [7, 11) is 0. The number of aromatic nitrogens is 3. The van der Waals surface area contributed by atoms with Crippen LogP contribution in [0.3, 0.4) is 0 Å². The summed E-state index contributed by atoms with van der Waals surface area (Å²) in [5, 5.41) is 3.50. The van der Waals surface area contributed by atoms with Crippen molar-refractivity contribution in [3.8, 4) is 5.75 Å². The fourth-order valence-corrected chi connectivity index (χ4v) is 2.97. The van der Waals surface area contributed by atoms with E-state index in [-0.39, 0.29) is 24.1 Å². The number of ether oxygens (including phenoxy) is 1. The maximum atomic E-state index is 12.7. The van der Waals surface area contributed by atoms with Gasteiger partial charge in [0.2, 0.25) is 5.95 Å². The smallest absolute Gasteiger partial charge is 0.327 e. The van der Waals surface area contributed by atoms with Gasteiger partial charge in [0.1, 0.15) is 18.4 Å². The molecule has 7 nitrogen and oxygen atoms in total. The van der Waals surface area contributed by atoms with Crippen LogP contribution in [-0.4, -0.2) is 45.8 Å². The number of nitrogens with one attached hydrogen (secondary N) is 1. The maximum absolute atomic E-state index is 12.7. The molecule has 1 atom stereocenters. The molecular formula is C21H31N5O2S. The first-order valence-electron chi connectivity index (χ1n) is 9.74. The fourth-order valence-electron chi connectivity index (χ4n) is 2.57. The molecular weight excluding hydrogens is 386 g/mol. The first kappa shape index (κ1) is 22.9. The van der Waals surface area contributed by atoms with Gasteiger partial charge in [0, 0.05) is 11.8 Å². The van der Waals surface area contributed by atoms with Crippen molar-refractivity contribution in [1.82, 2.24) is 20.3 Å². The van der Waals surface area contributed by atoms with Crippen molar-refractivity contribution in [2.75, 3.05) is 24.4 Å². The van der Waals surface area contributed by atoms with Crippen molar-refractivity contribution in [2.45, 2.75) is 51.2 Å². The summed E-state index contributed by atoms with van der Waals surface area (Å²) in [6.45, 7) is 9.26. The standard InChI is InChI=1S/C21H31N5O2S/c1-16(29-5)7-6-12-23-20(27)26(19-24-13-22-14-25-19)15-28-18-10-8-17(9-11-18)21(2,3)4/h8-11,13-14,16H,6-7,12,15H2,1-5H3,(H,23,27). The molecule has 0 aliphatic rings. The normalized spacial score (nSPS) is 12.3. The lowest BCUT2D eigenvalue weighted by molar-refractivity contribution is 0.235. The van der Waals surface area contributed by atoms with Gasteiger partial charge < -0.3 is 10.1 Å². The van der Waals surface area contributed by atoms with E-state index in [4.69, 9.17) is 4.74 Å². The Kier molecular flexibility index (Phi) is 8.70. The summed E-state index contributed by atoms with van der Waals surface area (Å²) < 4.78 is 5.83. The summed E-state index contributed by atoms with van der Waals surface area (Å²) in [6, 6.07) is 7.60. The number of carbonyl (C=O) groups is 1. The summed E-state index contributed by atoms with van der Waals surface area (Å²) in [6.07, 6.45) is 6.77. The number of rotatable bonds is 9. The second-order valence-corrected chi connectivity index (χ2v) is 9.11. The third-order valence-corrected chi connectivity index (χ3v) is 5.55. The molecule has 8 heteroatoms. The average Bonchev–Trinajstić information content (AvgIpc) is 2.71. The Bertz CT molecular complexity index is 750. The molecule has 0 bridgehead atoms. The molecule has 0 radical (unpaired) electrons. The predicted octanol–water partition coefficient (Wildman–Crippen LogP) is 4.25. The molecule has 0 aliphatic heterocycles. The van der Waals surface area contributed by atoms with Crippen molar-refractivity contribution < 1.29 is 9.53 Å². The van der Waals surface area contributed by atoms with E-state index in [2.05, 4.69) is 54.2 Å². The van der Waals surface area contributed by atoms with Crippen LogP contribution in [0.15, 0.2) is 36.9 Å². The van der Waals surface area contributed by atoms with Gasteiger partial charge in [-0.2, -0.15) is 11.8 Å². The molecule has 2 amide bonds. The van der Waals surface area contributed by atoms with Crippen LogP contribution >= 0.6 is 11.8 Å². The van der Waals surface area contributed by atoms with Crippen LogP contribution in [0.25, 0.3) is 0 Å². The molecule has 1 aromatic heterocycles. The molecule has 1 unspecified atom stereocenters. The lowest BCUT2D eigenvalue weighted by atomic mass is 9.87. The van der Waals surface area contributed by atoms with E-state index in [1.54, 1.807) is 0 Å². The molecule has 0 fully saturated rings. The number of hydrogen-bond donors (Lipinski definition) is 1. The SMILES string of the molecule is CSC(C)CCCNC(=O)N(COc1ccc(C(C)(C)C)cc1)c1ncncn1. The molecule has 1 aromatic carbocycles. The van der Waals surface area contributed by atoms with E-state index in [0.717, 1.165) is 12.8 Å². The Morgan fingerprint density at radius 3 is 2.45 bits per heavy atom. The molecule has 0 saturated carbocycles. The zero-order valence-electron chi connectivity index (χ0n) is 17.9. The van der Waals surface area contributed by atoms with Crippen molar-refractivity contribution in [3.05, 3.63) is 42.5 Å². The van der Waals surface area contributed by atoms with Gasteiger partial charge in [0.15, 0.2) is 6.73 Å².